The fourth-order valence-corrected chi connectivity index (χ4v) is 1.55. The van der Waals surface area contributed by atoms with Crippen molar-refractivity contribution in [3.63, 3.8) is 0 Å². The van der Waals surface area contributed by atoms with Gasteiger partial charge in [-0.2, -0.15) is 0 Å². The molecule has 0 radical (unpaired) electrons. The van der Waals surface area contributed by atoms with Crippen LogP contribution in [0.3, 0.4) is 0 Å². The fourth-order valence-electron chi connectivity index (χ4n) is 1.55. The summed E-state index contributed by atoms with van der Waals surface area (Å²) in [4.78, 5) is 20.0. The summed E-state index contributed by atoms with van der Waals surface area (Å²) in [6.07, 6.45) is 7.88. The van der Waals surface area contributed by atoms with Crippen LogP contribution in [0.2, 0.25) is 0 Å². The largest absolute Gasteiger partial charge is 0.328 e. The van der Waals surface area contributed by atoms with Crippen LogP contribution in [0.15, 0.2) is 35.6 Å². The molecule has 2 rings (SSSR count). The van der Waals surface area contributed by atoms with E-state index in [1.807, 2.05) is 6.92 Å². The van der Waals surface area contributed by atoms with Gasteiger partial charge in [0.1, 0.15) is 5.82 Å². The van der Waals surface area contributed by atoms with Crippen molar-refractivity contribution in [1.29, 1.82) is 0 Å². The maximum absolute atomic E-state index is 11.8. The maximum Gasteiger partial charge on any atom is 0.328 e. The zero-order valence-electron chi connectivity index (χ0n) is 9.21. The number of rotatable bonds is 4. The summed E-state index contributed by atoms with van der Waals surface area (Å²) in [5.74, 6) is 0.652. The minimum Gasteiger partial charge on any atom is -0.299 e. The quantitative estimate of drug-likeness (QED) is 0.766. The van der Waals surface area contributed by atoms with Crippen LogP contribution in [0.5, 0.6) is 0 Å². The molecule has 0 amide bonds. The molecule has 0 N–H and O–H groups in total. The summed E-state index contributed by atoms with van der Waals surface area (Å²) < 4.78 is 3.31. The fraction of sp³-hybridized carbons (Fsp3) is 0.364. The van der Waals surface area contributed by atoms with Crippen LogP contribution >= 0.6 is 0 Å². The Balaban J connectivity index is 2.20. The number of nitrogens with zero attached hydrogens (tertiary/aromatic N) is 4. The van der Waals surface area contributed by atoms with Crippen molar-refractivity contribution in [2.45, 2.75) is 26.4 Å². The predicted octanol–water partition coefficient (Wildman–Crippen LogP) is 0.898. The summed E-state index contributed by atoms with van der Waals surface area (Å²) >= 11 is 0. The topological polar surface area (TPSA) is 52.7 Å². The van der Waals surface area contributed by atoms with E-state index in [9.17, 15) is 4.79 Å². The molecule has 0 aliphatic carbocycles. The second-order valence-electron chi connectivity index (χ2n) is 3.57. The van der Waals surface area contributed by atoms with Crippen molar-refractivity contribution < 1.29 is 0 Å². The number of imidazole rings is 1. The van der Waals surface area contributed by atoms with E-state index in [2.05, 4.69) is 9.97 Å². The summed E-state index contributed by atoms with van der Waals surface area (Å²) in [5.41, 5.74) is -0.00527. The smallest absolute Gasteiger partial charge is 0.299 e. The third-order valence-corrected chi connectivity index (χ3v) is 2.31. The molecule has 2 aromatic heterocycles. The van der Waals surface area contributed by atoms with Gasteiger partial charge in [0.2, 0.25) is 0 Å². The van der Waals surface area contributed by atoms with Gasteiger partial charge in [0, 0.05) is 31.3 Å². The molecule has 84 valence electrons. The first-order valence-electron chi connectivity index (χ1n) is 5.32. The molecule has 0 saturated carbocycles. The van der Waals surface area contributed by atoms with Gasteiger partial charge in [-0.15, -0.1) is 0 Å². The summed E-state index contributed by atoms with van der Waals surface area (Å²) in [7, 11) is 0. The number of aryl methyl sites for hydroxylation is 1. The Morgan fingerprint density at radius 1 is 1.19 bits per heavy atom. The van der Waals surface area contributed by atoms with Crippen LogP contribution in [-0.2, 0) is 13.1 Å². The average Bonchev–Trinajstić information content (AvgIpc) is 2.64. The van der Waals surface area contributed by atoms with Crippen LogP contribution in [0.4, 0.5) is 0 Å². The Bertz CT molecular complexity index is 500. The number of hydrogen-bond acceptors (Lipinski definition) is 3. The van der Waals surface area contributed by atoms with Crippen LogP contribution < -0.4 is 5.69 Å². The highest BCUT2D eigenvalue weighted by Gasteiger charge is 2.03. The molecule has 0 aliphatic heterocycles. The average molecular weight is 218 g/mol. The molecule has 5 heteroatoms. The van der Waals surface area contributed by atoms with Crippen LogP contribution in [0.1, 0.15) is 19.2 Å². The van der Waals surface area contributed by atoms with Gasteiger partial charge in [0.05, 0.1) is 6.54 Å². The molecular weight excluding hydrogens is 204 g/mol. The molecule has 0 spiro atoms. The molecular formula is C11H14N4O. The molecule has 0 bridgehead atoms. The van der Waals surface area contributed by atoms with Crippen molar-refractivity contribution in [2.24, 2.45) is 0 Å². The standard InChI is InChI=1S/C11H14N4O/c1-2-6-14-7-8-15(11(14)16)9-10-12-4-3-5-13-10/h3-5,7-8H,2,6,9H2,1H3. The highest BCUT2D eigenvalue weighted by molar-refractivity contribution is 4.92. The van der Waals surface area contributed by atoms with Crippen LogP contribution in [0.25, 0.3) is 0 Å². The third-order valence-electron chi connectivity index (χ3n) is 2.31. The van der Waals surface area contributed by atoms with Gasteiger partial charge < -0.3 is 0 Å². The van der Waals surface area contributed by atoms with Gasteiger partial charge >= 0.3 is 5.69 Å². The van der Waals surface area contributed by atoms with Gasteiger partial charge in [0.25, 0.3) is 0 Å². The van der Waals surface area contributed by atoms with Crippen molar-refractivity contribution >= 4 is 0 Å². The first kappa shape index (κ1) is 10.6. The van der Waals surface area contributed by atoms with Gasteiger partial charge in [-0.05, 0) is 12.5 Å². The third kappa shape index (κ3) is 2.18. The number of hydrogen-bond donors (Lipinski definition) is 0. The molecule has 0 aliphatic rings. The second-order valence-corrected chi connectivity index (χ2v) is 3.57. The minimum atomic E-state index is -0.00527. The molecule has 16 heavy (non-hydrogen) atoms. The van der Waals surface area contributed by atoms with Gasteiger partial charge in [0.15, 0.2) is 0 Å². The Kier molecular flexibility index (Phi) is 3.14. The molecule has 0 saturated heterocycles. The normalized spacial score (nSPS) is 10.6. The SMILES string of the molecule is CCCn1ccn(Cc2ncccn2)c1=O. The van der Waals surface area contributed by atoms with E-state index in [4.69, 9.17) is 0 Å². The summed E-state index contributed by atoms with van der Waals surface area (Å²) in [6.45, 7) is 3.22. The zero-order chi connectivity index (χ0) is 11.4. The highest BCUT2D eigenvalue weighted by atomic mass is 16.1. The lowest BCUT2D eigenvalue weighted by molar-refractivity contribution is 0.616. The van der Waals surface area contributed by atoms with E-state index in [1.165, 1.54) is 0 Å². The van der Waals surface area contributed by atoms with Crippen molar-refractivity contribution in [3.8, 4) is 0 Å². The molecule has 0 fully saturated rings. The first-order valence-corrected chi connectivity index (χ1v) is 5.32. The molecule has 0 aromatic carbocycles. The minimum absolute atomic E-state index is 0.00527. The Labute approximate surface area is 93.4 Å². The first-order chi connectivity index (χ1) is 7.81. The van der Waals surface area contributed by atoms with E-state index in [0.717, 1.165) is 13.0 Å². The second kappa shape index (κ2) is 4.74. The molecule has 5 nitrogen and oxygen atoms in total. The Morgan fingerprint density at radius 2 is 1.88 bits per heavy atom. The summed E-state index contributed by atoms with van der Waals surface area (Å²) in [6, 6.07) is 1.76. The predicted molar refractivity (Wildman–Crippen MR) is 60.1 cm³/mol. The lowest BCUT2D eigenvalue weighted by Crippen LogP contribution is -2.24. The van der Waals surface area contributed by atoms with Crippen LogP contribution in [-0.4, -0.2) is 19.1 Å². The maximum atomic E-state index is 11.8. The number of aromatic nitrogens is 4. The lowest BCUT2D eigenvalue weighted by Gasteiger charge is -2.00. The molecule has 0 atom stereocenters. The van der Waals surface area contributed by atoms with E-state index in [-0.39, 0.29) is 5.69 Å². The van der Waals surface area contributed by atoms with E-state index >= 15 is 0 Å². The molecule has 0 unspecified atom stereocenters. The van der Waals surface area contributed by atoms with Crippen LogP contribution in [0, 0.1) is 0 Å². The zero-order valence-corrected chi connectivity index (χ0v) is 9.21. The van der Waals surface area contributed by atoms with Gasteiger partial charge in [-0.25, -0.2) is 14.8 Å². The Morgan fingerprint density at radius 3 is 2.56 bits per heavy atom. The lowest BCUT2D eigenvalue weighted by atomic mass is 10.5. The van der Waals surface area contributed by atoms with Crippen molar-refractivity contribution in [2.75, 3.05) is 0 Å². The van der Waals surface area contributed by atoms with Gasteiger partial charge in [-0.3, -0.25) is 9.13 Å². The monoisotopic (exact) mass is 218 g/mol. The summed E-state index contributed by atoms with van der Waals surface area (Å²) in [5, 5.41) is 0. The molecule has 2 aromatic rings. The van der Waals surface area contributed by atoms with Crippen molar-refractivity contribution in [1.82, 2.24) is 19.1 Å². The van der Waals surface area contributed by atoms with E-state index in [0.29, 0.717) is 12.4 Å². The van der Waals surface area contributed by atoms with Gasteiger partial charge in [-0.1, -0.05) is 6.92 Å². The van der Waals surface area contributed by atoms with Crippen molar-refractivity contribution in [3.05, 3.63) is 47.2 Å². The highest BCUT2D eigenvalue weighted by Crippen LogP contribution is 1.93. The van der Waals surface area contributed by atoms with E-state index in [1.54, 1.807) is 40.0 Å². The van der Waals surface area contributed by atoms with E-state index < -0.39 is 0 Å². The molecule has 2 heterocycles. The Hall–Kier alpha value is -1.91.